The SMILES string of the molecule is CCCC[P+](CCCC)(CCCC)Cc1ccccc1O. The van der Waals surface area contributed by atoms with E-state index in [2.05, 4.69) is 32.9 Å². The fourth-order valence-corrected chi connectivity index (χ4v) is 8.16. The molecule has 1 aromatic rings. The lowest BCUT2D eigenvalue weighted by Gasteiger charge is -2.28. The van der Waals surface area contributed by atoms with Crippen molar-refractivity contribution in [1.29, 1.82) is 0 Å². The molecule has 0 atom stereocenters. The van der Waals surface area contributed by atoms with Crippen LogP contribution in [0.25, 0.3) is 0 Å². The number of aromatic hydroxyl groups is 1. The van der Waals surface area contributed by atoms with E-state index in [1.807, 2.05) is 12.1 Å². The number of para-hydroxylation sites is 1. The molecule has 0 bridgehead atoms. The Balaban J connectivity index is 2.92. The molecule has 0 spiro atoms. The van der Waals surface area contributed by atoms with E-state index in [9.17, 15) is 5.11 Å². The average Bonchev–Trinajstić information content (AvgIpc) is 2.51. The fourth-order valence-electron chi connectivity index (χ4n) is 3.06. The van der Waals surface area contributed by atoms with Crippen molar-refractivity contribution >= 4 is 7.26 Å². The third kappa shape index (κ3) is 6.39. The first-order valence-corrected chi connectivity index (χ1v) is 11.3. The quantitative estimate of drug-likeness (QED) is 0.475. The molecule has 0 fully saturated rings. The molecule has 21 heavy (non-hydrogen) atoms. The number of unbranched alkanes of at least 4 members (excludes halogenated alkanes) is 3. The zero-order valence-corrected chi connectivity index (χ0v) is 15.2. The Bertz CT molecular complexity index is 367. The largest absolute Gasteiger partial charge is 0.508 e. The molecule has 0 saturated carbocycles. The van der Waals surface area contributed by atoms with Gasteiger partial charge in [-0.1, -0.05) is 58.2 Å². The number of phenols is 1. The molecule has 1 nitrogen and oxygen atoms in total. The summed E-state index contributed by atoms with van der Waals surface area (Å²) in [6, 6.07) is 7.99. The van der Waals surface area contributed by atoms with Crippen LogP contribution in [0, 0.1) is 0 Å². The molecule has 1 rings (SSSR count). The molecule has 0 radical (unpaired) electrons. The molecule has 120 valence electrons. The highest BCUT2D eigenvalue weighted by Crippen LogP contribution is 2.63. The molecule has 1 N–H and O–H groups in total. The van der Waals surface area contributed by atoms with E-state index in [1.165, 1.54) is 62.6 Å². The van der Waals surface area contributed by atoms with Crippen LogP contribution in [0.1, 0.15) is 64.9 Å². The summed E-state index contributed by atoms with van der Waals surface area (Å²) >= 11 is 0. The summed E-state index contributed by atoms with van der Waals surface area (Å²) in [5, 5.41) is 10.2. The van der Waals surface area contributed by atoms with Crippen LogP contribution in [0.5, 0.6) is 5.75 Å². The molecule has 0 aromatic heterocycles. The minimum atomic E-state index is -0.955. The lowest BCUT2D eigenvalue weighted by Crippen LogP contribution is -2.11. The molecule has 0 unspecified atom stereocenters. The Morgan fingerprint density at radius 2 is 1.29 bits per heavy atom. The van der Waals surface area contributed by atoms with Crippen molar-refractivity contribution in [3.05, 3.63) is 29.8 Å². The molecule has 2 heteroatoms. The second-order valence-corrected chi connectivity index (χ2v) is 10.7. The fraction of sp³-hybridized carbons (Fsp3) is 0.684. The molecular formula is C19H34OP+. The van der Waals surface area contributed by atoms with Crippen molar-refractivity contribution in [2.24, 2.45) is 0 Å². The second kappa shape index (κ2) is 10.2. The summed E-state index contributed by atoms with van der Waals surface area (Å²) in [6.07, 6.45) is 13.3. The van der Waals surface area contributed by atoms with Crippen LogP contribution >= 0.6 is 7.26 Å². The summed E-state index contributed by atoms with van der Waals surface area (Å²) in [5.74, 6) is 0.506. The Labute approximate surface area is 132 Å². The molecule has 0 aliphatic carbocycles. The van der Waals surface area contributed by atoms with Crippen LogP contribution in [-0.4, -0.2) is 23.6 Å². The molecule has 1 aromatic carbocycles. The van der Waals surface area contributed by atoms with Crippen LogP contribution in [0.4, 0.5) is 0 Å². The van der Waals surface area contributed by atoms with Crippen molar-refractivity contribution < 1.29 is 5.11 Å². The predicted molar refractivity (Wildman–Crippen MR) is 98.1 cm³/mol. The van der Waals surface area contributed by atoms with Gasteiger partial charge in [0.1, 0.15) is 5.75 Å². The van der Waals surface area contributed by atoms with Crippen LogP contribution in [-0.2, 0) is 6.16 Å². The van der Waals surface area contributed by atoms with Gasteiger partial charge in [-0.25, -0.2) is 0 Å². The second-order valence-electron chi connectivity index (χ2n) is 6.36. The van der Waals surface area contributed by atoms with Gasteiger partial charge in [-0.05, 0) is 25.3 Å². The number of phenolic OH excluding ortho intramolecular Hbond substituents is 1. The zero-order chi connectivity index (χ0) is 15.6. The molecule has 0 saturated heterocycles. The maximum atomic E-state index is 10.2. The number of hydrogen-bond donors (Lipinski definition) is 1. The first kappa shape index (κ1) is 18.5. The third-order valence-corrected chi connectivity index (χ3v) is 9.26. The highest BCUT2D eigenvalue weighted by atomic mass is 31.2. The first-order chi connectivity index (χ1) is 10.2. The van der Waals surface area contributed by atoms with E-state index in [1.54, 1.807) is 0 Å². The minimum Gasteiger partial charge on any atom is -0.508 e. The number of hydrogen-bond acceptors (Lipinski definition) is 1. The predicted octanol–water partition coefficient (Wildman–Crippen LogP) is 6.31. The van der Waals surface area contributed by atoms with Crippen LogP contribution in [0.3, 0.4) is 0 Å². The molecule has 0 amide bonds. The molecule has 0 aliphatic rings. The van der Waals surface area contributed by atoms with Crippen LogP contribution < -0.4 is 0 Å². The van der Waals surface area contributed by atoms with Crippen LogP contribution in [0.15, 0.2) is 24.3 Å². The normalized spacial score (nSPS) is 11.8. The van der Waals surface area contributed by atoms with Gasteiger partial charge in [-0.15, -0.1) is 0 Å². The molecular weight excluding hydrogens is 275 g/mol. The van der Waals surface area contributed by atoms with Gasteiger partial charge in [0, 0.05) is 12.8 Å². The van der Waals surface area contributed by atoms with Crippen molar-refractivity contribution in [1.82, 2.24) is 0 Å². The highest BCUT2D eigenvalue weighted by molar-refractivity contribution is 7.75. The Hall–Kier alpha value is -0.550. The highest BCUT2D eigenvalue weighted by Gasteiger charge is 2.36. The van der Waals surface area contributed by atoms with E-state index >= 15 is 0 Å². The first-order valence-electron chi connectivity index (χ1n) is 8.79. The minimum absolute atomic E-state index is 0.506. The van der Waals surface area contributed by atoms with Gasteiger partial charge in [0.2, 0.25) is 0 Å². The monoisotopic (exact) mass is 309 g/mol. The summed E-state index contributed by atoms with van der Waals surface area (Å²) in [7, 11) is -0.955. The summed E-state index contributed by atoms with van der Waals surface area (Å²) in [6.45, 7) is 6.90. The Kier molecular flexibility index (Phi) is 9.00. The maximum Gasteiger partial charge on any atom is 0.122 e. The smallest absolute Gasteiger partial charge is 0.122 e. The van der Waals surface area contributed by atoms with Gasteiger partial charge in [-0.3, -0.25) is 0 Å². The van der Waals surface area contributed by atoms with Crippen molar-refractivity contribution in [2.45, 2.75) is 65.5 Å². The summed E-state index contributed by atoms with van der Waals surface area (Å²) < 4.78 is 0. The Morgan fingerprint density at radius 3 is 1.71 bits per heavy atom. The van der Waals surface area contributed by atoms with Crippen molar-refractivity contribution in [3.8, 4) is 5.75 Å². The van der Waals surface area contributed by atoms with Gasteiger partial charge < -0.3 is 5.11 Å². The number of rotatable bonds is 11. The van der Waals surface area contributed by atoms with E-state index in [0.717, 1.165) is 6.16 Å². The van der Waals surface area contributed by atoms with Gasteiger partial charge in [0.15, 0.2) is 0 Å². The van der Waals surface area contributed by atoms with E-state index in [0.29, 0.717) is 5.75 Å². The number of benzene rings is 1. The van der Waals surface area contributed by atoms with Gasteiger partial charge in [-0.2, -0.15) is 0 Å². The molecule has 0 aliphatic heterocycles. The van der Waals surface area contributed by atoms with Gasteiger partial charge >= 0.3 is 0 Å². The lowest BCUT2D eigenvalue weighted by atomic mass is 10.2. The van der Waals surface area contributed by atoms with Gasteiger partial charge in [0.05, 0.1) is 24.6 Å². The van der Waals surface area contributed by atoms with Crippen molar-refractivity contribution in [2.75, 3.05) is 18.5 Å². The van der Waals surface area contributed by atoms with Crippen LogP contribution in [0.2, 0.25) is 0 Å². The van der Waals surface area contributed by atoms with E-state index in [-0.39, 0.29) is 0 Å². The summed E-state index contributed by atoms with van der Waals surface area (Å²) in [4.78, 5) is 0. The third-order valence-electron chi connectivity index (χ3n) is 4.46. The van der Waals surface area contributed by atoms with Gasteiger partial charge in [0.25, 0.3) is 0 Å². The van der Waals surface area contributed by atoms with E-state index in [4.69, 9.17) is 0 Å². The summed E-state index contributed by atoms with van der Waals surface area (Å²) in [5.41, 5.74) is 1.19. The zero-order valence-electron chi connectivity index (χ0n) is 14.3. The standard InChI is InChI=1S/C19H33OP/c1-4-7-14-21(15-8-5-2,16-9-6-3)17-18-12-10-11-13-19(18)20/h10-13H,4-9,14-17H2,1-3H3/p+1. The lowest BCUT2D eigenvalue weighted by molar-refractivity contribution is 0.470. The van der Waals surface area contributed by atoms with E-state index < -0.39 is 7.26 Å². The Morgan fingerprint density at radius 1 is 0.810 bits per heavy atom. The van der Waals surface area contributed by atoms with Crippen molar-refractivity contribution in [3.63, 3.8) is 0 Å². The average molecular weight is 309 g/mol. The topological polar surface area (TPSA) is 20.2 Å². The molecule has 0 heterocycles. The maximum absolute atomic E-state index is 10.2.